The molecule has 1 aliphatic rings. The number of esters is 1. The summed E-state index contributed by atoms with van der Waals surface area (Å²) in [6, 6.07) is 5.75. The first-order valence-corrected chi connectivity index (χ1v) is 12.7. The summed E-state index contributed by atoms with van der Waals surface area (Å²) < 4.78 is 16.5. The summed E-state index contributed by atoms with van der Waals surface area (Å²) in [6.45, 7) is 6.52. The summed E-state index contributed by atoms with van der Waals surface area (Å²) in [5.74, 6) is -0.439. The van der Waals surface area contributed by atoms with Gasteiger partial charge in [0.05, 0.1) is 47.6 Å². The molecule has 0 saturated heterocycles. The second kappa shape index (κ2) is 12.0. The zero-order valence-corrected chi connectivity index (χ0v) is 23.2. The van der Waals surface area contributed by atoms with Gasteiger partial charge in [-0.2, -0.15) is 0 Å². The zero-order chi connectivity index (χ0) is 28.9. The normalized spacial score (nSPS) is 15.2. The average molecular weight is 556 g/mol. The van der Waals surface area contributed by atoms with E-state index in [4.69, 9.17) is 14.2 Å². The molecule has 3 rings (SSSR count). The molecule has 12 heteroatoms. The third kappa shape index (κ3) is 6.54. The highest BCUT2D eigenvalue weighted by Gasteiger charge is 2.39. The number of dihydropyridines is 1. The van der Waals surface area contributed by atoms with E-state index in [2.05, 4.69) is 10.6 Å². The lowest BCUT2D eigenvalue weighted by Gasteiger charge is -2.32. The Morgan fingerprint density at radius 2 is 1.97 bits per heavy atom. The van der Waals surface area contributed by atoms with Gasteiger partial charge in [0.1, 0.15) is 23.8 Å². The van der Waals surface area contributed by atoms with Gasteiger partial charge >= 0.3 is 5.97 Å². The number of rotatable bonds is 9. The number of nitrogens with zero attached hydrogens (tertiary/aromatic N) is 1. The van der Waals surface area contributed by atoms with Crippen molar-refractivity contribution in [1.29, 1.82) is 0 Å². The van der Waals surface area contributed by atoms with Gasteiger partial charge in [0.25, 0.3) is 11.6 Å². The van der Waals surface area contributed by atoms with E-state index >= 15 is 0 Å². The number of nitro benzene ring substituents is 1. The van der Waals surface area contributed by atoms with Crippen LogP contribution in [-0.4, -0.2) is 49.1 Å². The van der Waals surface area contributed by atoms with Gasteiger partial charge in [-0.05, 0) is 44.2 Å². The van der Waals surface area contributed by atoms with Crippen molar-refractivity contribution < 1.29 is 33.5 Å². The quantitative estimate of drug-likeness (QED) is 0.204. The Morgan fingerprint density at radius 3 is 2.56 bits per heavy atom. The minimum Gasteiger partial charge on any atom is -0.498 e. The predicted molar refractivity (Wildman–Crippen MR) is 145 cm³/mol. The van der Waals surface area contributed by atoms with Gasteiger partial charge < -0.3 is 24.8 Å². The number of nitrogens with one attached hydrogen (secondary N) is 2. The fraction of sp³-hybridized carbons (Fsp3) is 0.333. The van der Waals surface area contributed by atoms with Gasteiger partial charge in [-0.1, -0.05) is 12.1 Å². The molecule has 0 fully saturated rings. The molecule has 11 nitrogen and oxygen atoms in total. The smallest absolute Gasteiger partial charge is 0.325 e. The first-order valence-electron chi connectivity index (χ1n) is 11.8. The molecule has 1 aromatic carbocycles. The van der Waals surface area contributed by atoms with E-state index in [1.165, 1.54) is 43.8 Å². The van der Waals surface area contributed by atoms with Crippen LogP contribution in [0.2, 0.25) is 0 Å². The number of benzene rings is 1. The maximum absolute atomic E-state index is 13.9. The molecule has 0 radical (unpaired) electrons. The van der Waals surface area contributed by atoms with Crippen molar-refractivity contribution in [2.24, 2.45) is 0 Å². The summed E-state index contributed by atoms with van der Waals surface area (Å²) in [5.41, 5.74) is 1.30. The number of carbonyl (C=O) groups is 2. The van der Waals surface area contributed by atoms with E-state index in [1.807, 2.05) is 12.3 Å². The minimum atomic E-state index is -1.01. The highest BCUT2D eigenvalue weighted by molar-refractivity contribution is 7.12. The number of non-ortho nitro benzene ring substituents is 1. The molecule has 206 valence electrons. The minimum absolute atomic E-state index is 0.0961. The first-order chi connectivity index (χ1) is 18.4. The van der Waals surface area contributed by atoms with Gasteiger partial charge in [0, 0.05) is 18.2 Å². The molecule has 2 heterocycles. The van der Waals surface area contributed by atoms with Crippen LogP contribution in [0.5, 0.6) is 5.06 Å². The monoisotopic (exact) mass is 555 g/mol. The molecule has 0 saturated carbocycles. The Balaban J connectivity index is 2.28. The highest BCUT2D eigenvalue weighted by Crippen LogP contribution is 2.45. The van der Waals surface area contributed by atoms with Gasteiger partial charge in [0.15, 0.2) is 5.06 Å². The molecule has 1 amide bonds. The Bertz CT molecular complexity index is 1410. The van der Waals surface area contributed by atoms with Crippen LogP contribution in [0.15, 0.2) is 52.8 Å². The number of carbonyl (C=O) groups excluding carboxylic acids is 3. The Kier molecular flexibility index (Phi) is 8.95. The van der Waals surface area contributed by atoms with Crippen LogP contribution in [0.3, 0.4) is 0 Å². The number of aryl methyl sites for hydroxylation is 1. The Morgan fingerprint density at radius 1 is 1.26 bits per heavy atom. The number of allylic oxidation sites excluding steroid dienone is 2. The van der Waals surface area contributed by atoms with Crippen molar-refractivity contribution in [3.05, 3.63) is 79.6 Å². The lowest BCUT2D eigenvalue weighted by Crippen LogP contribution is -2.39. The van der Waals surface area contributed by atoms with E-state index in [9.17, 15) is 24.5 Å². The van der Waals surface area contributed by atoms with Gasteiger partial charge in [0.2, 0.25) is 0 Å². The highest BCUT2D eigenvalue weighted by atomic mass is 32.1. The van der Waals surface area contributed by atoms with Crippen molar-refractivity contribution in [2.75, 3.05) is 20.8 Å². The second-order valence-corrected chi connectivity index (χ2v) is 10.3. The van der Waals surface area contributed by atoms with Crippen LogP contribution in [0, 0.1) is 17.0 Å². The van der Waals surface area contributed by atoms with E-state index < -0.39 is 34.9 Å². The Labute approximate surface area is 229 Å². The van der Waals surface area contributed by atoms with Crippen molar-refractivity contribution in [3.8, 4) is 5.06 Å². The largest absolute Gasteiger partial charge is 0.498 e. The van der Waals surface area contributed by atoms with Crippen LogP contribution in [0.25, 0.3) is 5.70 Å². The molecule has 2 N–H and O–H groups in total. The lowest BCUT2D eigenvalue weighted by molar-refractivity contribution is -0.384. The SMILES string of the molecule is COC1=C(C=C=O)NC(c2c(C)csc2OC)=C(C(=O)NCC(=O)OC(C)(C)C)C1c1cccc([N+](=O)[O-])c1. The van der Waals surface area contributed by atoms with Crippen LogP contribution in [0.1, 0.15) is 43.4 Å². The molecule has 39 heavy (non-hydrogen) atoms. The summed E-state index contributed by atoms with van der Waals surface area (Å²) in [6.07, 6.45) is 1.12. The number of nitro groups is 1. The summed E-state index contributed by atoms with van der Waals surface area (Å²) in [7, 11) is 2.85. The number of methoxy groups -OCH3 is 2. The molecule has 0 spiro atoms. The molecule has 1 unspecified atom stereocenters. The lowest BCUT2D eigenvalue weighted by atomic mass is 9.82. The third-order valence-corrected chi connectivity index (χ3v) is 6.67. The third-order valence-electron chi connectivity index (χ3n) is 5.62. The van der Waals surface area contributed by atoms with E-state index in [0.29, 0.717) is 16.2 Å². The molecular weight excluding hydrogens is 526 g/mol. The fourth-order valence-corrected chi connectivity index (χ4v) is 5.04. The molecule has 0 bridgehead atoms. The predicted octanol–water partition coefficient (Wildman–Crippen LogP) is 3.78. The zero-order valence-electron chi connectivity index (χ0n) is 22.4. The van der Waals surface area contributed by atoms with Crippen molar-refractivity contribution >= 4 is 40.5 Å². The molecular formula is C27H29N3O8S. The van der Waals surface area contributed by atoms with Crippen molar-refractivity contribution in [1.82, 2.24) is 10.6 Å². The number of ether oxygens (including phenoxy) is 3. The number of thiophene rings is 1. The van der Waals surface area contributed by atoms with Crippen LogP contribution in [0.4, 0.5) is 5.69 Å². The Hall–Kier alpha value is -4.41. The summed E-state index contributed by atoms with van der Waals surface area (Å²) >= 11 is 1.31. The number of amides is 1. The topological polar surface area (TPSA) is 146 Å². The van der Waals surface area contributed by atoms with Crippen molar-refractivity contribution in [3.63, 3.8) is 0 Å². The average Bonchev–Trinajstić information content (AvgIpc) is 3.25. The van der Waals surface area contributed by atoms with Gasteiger partial charge in [-0.25, -0.2) is 4.79 Å². The van der Waals surface area contributed by atoms with Gasteiger partial charge in [-0.15, -0.1) is 11.3 Å². The van der Waals surface area contributed by atoms with Gasteiger partial charge in [-0.3, -0.25) is 19.7 Å². The molecule has 1 atom stereocenters. The maximum Gasteiger partial charge on any atom is 0.325 e. The second-order valence-electron chi connectivity index (χ2n) is 9.50. The fourth-order valence-electron chi connectivity index (χ4n) is 4.16. The number of hydrogen-bond donors (Lipinski definition) is 2. The van der Waals surface area contributed by atoms with Crippen LogP contribution >= 0.6 is 11.3 Å². The van der Waals surface area contributed by atoms with E-state index in [0.717, 1.165) is 11.6 Å². The van der Waals surface area contributed by atoms with E-state index in [1.54, 1.807) is 32.8 Å². The molecule has 0 aliphatic carbocycles. The van der Waals surface area contributed by atoms with Crippen LogP contribution < -0.4 is 15.4 Å². The maximum atomic E-state index is 13.9. The molecule has 1 aromatic heterocycles. The summed E-state index contributed by atoms with van der Waals surface area (Å²) in [5, 5.41) is 19.6. The summed E-state index contributed by atoms with van der Waals surface area (Å²) in [4.78, 5) is 48.7. The van der Waals surface area contributed by atoms with E-state index in [-0.39, 0.29) is 28.4 Å². The van der Waals surface area contributed by atoms with Crippen LogP contribution in [-0.2, 0) is 23.9 Å². The molecule has 1 aliphatic heterocycles. The molecule has 2 aromatic rings. The van der Waals surface area contributed by atoms with Crippen molar-refractivity contribution in [2.45, 2.75) is 39.2 Å². The number of hydrogen-bond acceptors (Lipinski definition) is 10. The standard InChI is InChI=1S/C27H29N3O8S/c1-15-14-39-26(37-6)20(15)23-22(25(33)28-13-19(32)38-27(2,3)4)21(24(36-5)18(29-23)10-11-31)16-8-7-9-17(12-16)30(34)35/h7-10,12,14,21,29H,13H2,1-6H3,(H,28,33). The first kappa shape index (κ1) is 29.2.